The standard InChI is InChI=1S/C11H15NO2S/c1-2-14-12-11(13)9-4-3-5-10-8(9)6-7-15-10/h6-7,9H,2-5H2,1H3,(H,12,13). The first-order valence-electron chi connectivity index (χ1n) is 5.31. The van der Waals surface area contributed by atoms with Gasteiger partial charge in [0, 0.05) is 4.88 Å². The predicted molar refractivity (Wildman–Crippen MR) is 59.8 cm³/mol. The number of nitrogens with one attached hydrogen (secondary N) is 1. The molecule has 0 saturated carbocycles. The van der Waals surface area contributed by atoms with E-state index in [2.05, 4.69) is 16.9 Å². The van der Waals surface area contributed by atoms with Crippen LogP contribution in [0.15, 0.2) is 11.4 Å². The number of carbonyl (C=O) groups is 1. The van der Waals surface area contributed by atoms with Crippen molar-refractivity contribution < 1.29 is 9.63 Å². The van der Waals surface area contributed by atoms with E-state index in [1.54, 1.807) is 11.3 Å². The quantitative estimate of drug-likeness (QED) is 0.801. The Morgan fingerprint density at radius 2 is 2.60 bits per heavy atom. The number of hydrogen-bond donors (Lipinski definition) is 1. The van der Waals surface area contributed by atoms with Gasteiger partial charge in [0.1, 0.15) is 0 Å². The second-order valence-electron chi connectivity index (χ2n) is 3.64. The molecule has 0 spiro atoms. The predicted octanol–water partition coefficient (Wildman–Crippen LogP) is 2.24. The highest BCUT2D eigenvalue weighted by Gasteiger charge is 2.27. The molecule has 1 aliphatic carbocycles. The van der Waals surface area contributed by atoms with Crippen molar-refractivity contribution >= 4 is 17.2 Å². The van der Waals surface area contributed by atoms with Crippen LogP contribution in [0.2, 0.25) is 0 Å². The normalized spacial score (nSPS) is 19.7. The minimum atomic E-state index is -0.00782. The molecular formula is C11H15NO2S. The maximum Gasteiger partial charge on any atom is 0.251 e. The van der Waals surface area contributed by atoms with E-state index in [4.69, 9.17) is 4.84 Å². The molecule has 1 aliphatic rings. The van der Waals surface area contributed by atoms with Crippen LogP contribution >= 0.6 is 11.3 Å². The van der Waals surface area contributed by atoms with E-state index in [-0.39, 0.29) is 11.8 Å². The van der Waals surface area contributed by atoms with Gasteiger partial charge < -0.3 is 0 Å². The average Bonchev–Trinajstić information content (AvgIpc) is 2.73. The lowest BCUT2D eigenvalue weighted by Crippen LogP contribution is -2.31. The van der Waals surface area contributed by atoms with Crippen molar-refractivity contribution in [2.45, 2.75) is 32.1 Å². The van der Waals surface area contributed by atoms with E-state index in [0.717, 1.165) is 19.3 Å². The maximum absolute atomic E-state index is 11.8. The Labute approximate surface area is 93.4 Å². The van der Waals surface area contributed by atoms with Crippen molar-refractivity contribution in [3.05, 3.63) is 21.9 Å². The van der Waals surface area contributed by atoms with Gasteiger partial charge in [0.15, 0.2) is 0 Å². The molecule has 0 saturated heterocycles. The molecule has 0 fully saturated rings. The summed E-state index contributed by atoms with van der Waals surface area (Å²) in [4.78, 5) is 18.1. The Kier molecular flexibility index (Phi) is 3.38. The number of thiophene rings is 1. The lowest BCUT2D eigenvalue weighted by molar-refractivity contribution is -0.135. The monoisotopic (exact) mass is 225 g/mol. The van der Waals surface area contributed by atoms with Crippen LogP contribution < -0.4 is 5.48 Å². The summed E-state index contributed by atoms with van der Waals surface area (Å²) in [6.45, 7) is 2.37. The van der Waals surface area contributed by atoms with Crippen LogP contribution in [-0.4, -0.2) is 12.5 Å². The lowest BCUT2D eigenvalue weighted by Gasteiger charge is -2.21. The number of rotatable bonds is 3. The van der Waals surface area contributed by atoms with Crippen LogP contribution in [0.1, 0.15) is 36.1 Å². The van der Waals surface area contributed by atoms with E-state index in [0.29, 0.717) is 6.61 Å². The van der Waals surface area contributed by atoms with Crippen molar-refractivity contribution in [2.75, 3.05) is 6.61 Å². The molecule has 0 aromatic carbocycles. The van der Waals surface area contributed by atoms with E-state index in [1.807, 2.05) is 6.92 Å². The first-order valence-corrected chi connectivity index (χ1v) is 6.18. The van der Waals surface area contributed by atoms with Gasteiger partial charge in [-0.25, -0.2) is 5.48 Å². The minimum Gasteiger partial charge on any atom is -0.274 e. The molecule has 1 aromatic heterocycles. The summed E-state index contributed by atoms with van der Waals surface area (Å²) in [5.41, 5.74) is 3.70. The van der Waals surface area contributed by atoms with E-state index in [1.165, 1.54) is 10.4 Å². The zero-order valence-corrected chi connectivity index (χ0v) is 9.60. The fraction of sp³-hybridized carbons (Fsp3) is 0.545. The minimum absolute atomic E-state index is 0.00352. The molecule has 0 aliphatic heterocycles. The number of hydroxylamine groups is 1. The molecule has 1 N–H and O–H groups in total. The lowest BCUT2D eigenvalue weighted by atomic mass is 9.87. The SMILES string of the molecule is CCONC(=O)C1CCCc2sccc21. The summed E-state index contributed by atoms with van der Waals surface area (Å²) in [6, 6.07) is 2.06. The second kappa shape index (κ2) is 4.77. The summed E-state index contributed by atoms with van der Waals surface area (Å²) < 4.78 is 0. The van der Waals surface area contributed by atoms with Crippen molar-refractivity contribution in [3.63, 3.8) is 0 Å². The molecule has 0 radical (unpaired) electrons. The molecule has 2 rings (SSSR count). The van der Waals surface area contributed by atoms with Crippen LogP contribution in [-0.2, 0) is 16.1 Å². The van der Waals surface area contributed by atoms with Crippen LogP contribution in [0, 0.1) is 0 Å². The maximum atomic E-state index is 11.8. The van der Waals surface area contributed by atoms with Gasteiger partial charge in [-0.05, 0) is 43.2 Å². The summed E-state index contributed by atoms with van der Waals surface area (Å²) in [5.74, 6) is -0.0113. The molecule has 0 bridgehead atoms. The van der Waals surface area contributed by atoms with Gasteiger partial charge in [-0.15, -0.1) is 11.3 Å². The molecule has 1 unspecified atom stereocenters. The molecule has 1 aromatic rings. The fourth-order valence-corrected chi connectivity index (χ4v) is 2.96. The van der Waals surface area contributed by atoms with E-state index < -0.39 is 0 Å². The van der Waals surface area contributed by atoms with Crippen molar-refractivity contribution in [3.8, 4) is 0 Å². The topological polar surface area (TPSA) is 38.3 Å². The smallest absolute Gasteiger partial charge is 0.251 e. The molecule has 1 amide bonds. The Morgan fingerprint density at radius 3 is 3.40 bits per heavy atom. The zero-order chi connectivity index (χ0) is 10.7. The highest BCUT2D eigenvalue weighted by molar-refractivity contribution is 7.10. The third-order valence-corrected chi connectivity index (χ3v) is 3.68. The summed E-state index contributed by atoms with van der Waals surface area (Å²) >= 11 is 1.75. The van der Waals surface area contributed by atoms with Gasteiger partial charge in [0.2, 0.25) is 0 Å². The highest BCUT2D eigenvalue weighted by atomic mass is 32.1. The number of carbonyl (C=O) groups excluding carboxylic acids is 1. The summed E-state index contributed by atoms with van der Waals surface area (Å²) in [5, 5.41) is 2.07. The third-order valence-electron chi connectivity index (χ3n) is 2.69. The van der Waals surface area contributed by atoms with Gasteiger partial charge in [-0.2, -0.15) is 0 Å². The first-order chi connectivity index (χ1) is 7.33. The summed E-state index contributed by atoms with van der Waals surface area (Å²) in [6.07, 6.45) is 3.14. The van der Waals surface area contributed by atoms with E-state index >= 15 is 0 Å². The number of aryl methyl sites for hydroxylation is 1. The average molecular weight is 225 g/mol. The largest absolute Gasteiger partial charge is 0.274 e. The Bertz CT molecular complexity index is 348. The Morgan fingerprint density at radius 1 is 1.73 bits per heavy atom. The number of amides is 1. The van der Waals surface area contributed by atoms with Gasteiger partial charge in [0.05, 0.1) is 12.5 Å². The van der Waals surface area contributed by atoms with Crippen molar-refractivity contribution in [1.29, 1.82) is 0 Å². The summed E-state index contributed by atoms with van der Waals surface area (Å²) in [7, 11) is 0. The fourth-order valence-electron chi connectivity index (χ4n) is 1.97. The second-order valence-corrected chi connectivity index (χ2v) is 4.64. The van der Waals surface area contributed by atoms with Crippen LogP contribution in [0.4, 0.5) is 0 Å². The van der Waals surface area contributed by atoms with Gasteiger partial charge in [-0.3, -0.25) is 9.63 Å². The molecule has 15 heavy (non-hydrogen) atoms. The van der Waals surface area contributed by atoms with Gasteiger partial charge >= 0.3 is 0 Å². The molecule has 82 valence electrons. The van der Waals surface area contributed by atoms with E-state index in [9.17, 15) is 4.79 Å². The molecule has 3 nitrogen and oxygen atoms in total. The van der Waals surface area contributed by atoms with Gasteiger partial charge in [-0.1, -0.05) is 0 Å². The van der Waals surface area contributed by atoms with Crippen LogP contribution in [0.25, 0.3) is 0 Å². The van der Waals surface area contributed by atoms with Crippen molar-refractivity contribution in [2.24, 2.45) is 0 Å². The third kappa shape index (κ3) is 2.21. The van der Waals surface area contributed by atoms with Crippen LogP contribution in [0.3, 0.4) is 0 Å². The molecule has 1 heterocycles. The Hall–Kier alpha value is -0.870. The zero-order valence-electron chi connectivity index (χ0n) is 8.79. The first kappa shape index (κ1) is 10.6. The number of fused-ring (bicyclic) bond motifs is 1. The van der Waals surface area contributed by atoms with Crippen molar-refractivity contribution in [1.82, 2.24) is 5.48 Å². The molecule has 4 heteroatoms. The van der Waals surface area contributed by atoms with Crippen LogP contribution in [0.5, 0.6) is 0 Å². The Balaban J connectivity index is 2.08. The highest BCUT2D eigenvalue weighted by Crippen LogP contribution is 2.34. The molecule has 1 atom stereocenters. The number of hydrogen-bond acceptors (Lipinski definition) is 3. The van der Waals surface area contributed by atoms with Gasteiger partial charge in [0.25, 0.3) is 5.91 Å². The molecular weight excluding hydrogens is 210 g/mol.